The first-order valence-corrected chi connectivity index (χ1v) is 5.82. The maximum Gasteiger partial charge on any atom is 0.264 e. The molecule has 0 fully saturated rings. The number of amidine groups is 1. The van der Waals surface area contributed by atoms with Gasteiger partial charge in [0, 0.05) is 5.02 Å². The first-order valence-electron chi connectivity index (χ1n) is 5.44. The van der Waals surface area contributed by atoms with E-state index in [4.69, 9.17) is 17.3 Å². The summed E-state index contributed by atoms with van der Waals surface area (Å²) >= 11 is 5.98. The molecule has 0 saturated heterocycles. The molecule has 1 aliphatic heterocycles. The highest BCUT2D eigenvalue weighted by atomic mass is 35.5. The maximum absolute atomic E-state index is 11.9. The summed E-state index contributed by atoms with van der Waals surface area (Å²) in [7, 11) is 0. The zero-order chi connectivity index (χ0) is 13.3. The number of hydrogen-bond acceptors (Lipinski definition) is 3. The molecular formula is C12H12ClN3O2. The number of amides is 2. The fraction of sp³-hybridized carbons (Fsp3) is 0.250. The van der Waals surface area contributed by atoms with Crippen LogP contribution in [0.2, 0.25) is 5.02 Å². The number of carbonyl (C=O) groups is 2. The molecular weight excluding hydrogens is 254 g/mol. The average molecular weight is 266 g/mol. The third-order valence-electron chi connectivity index (χ3n) is 2.64. The molecule has 2 atom stereocenters. The predicted molar refractivity (Wildman–Crippen MR) is 68.4 cm³/mol. The van der Waals surface area contributed by atoms with Crippen molar-refractivity contribution in [1.82, 2.24) is 5.32 Å². The Morgan fingerprint density at radius 2 is 2.06 bits per heavy atom. The number of carbonyl (C=O) groups excluding carboxylic acids is 2. The van der Waals surface area contributed by atoms with Gasteiger partial charge in [0.05, 0.1) is 6.04 Å². The van der Waals surface area contributed by atoms with Gasteiger partial charge in [0.2, 0.25) is 5.91 Å². The van der Waals surface area contributed by atoms with Crippen molar-refractivity contribution in [3.8, 4) is 0 Å². The Labute approximate surface area is 109 Å². The second-order valence-corrected chi connectivity index (χ2v) is 4.47. The molecule has 18 heavy (non-hydrogen) atoms. The van der Waals surface area contributed by atoms with Gasteiger partial charge < -0.3 is 11.1 Å². The second-order valence-electron chi connectivity index (χ2n) is 4.07. The van der Waals surface area contributed by atoms with Gasteiger partial charge in [-0.05, 0) is 18.6 Å². The summed E-state index contributed by atoms with van der Waals surface area (Å²) in [6.45, 7) is 1.64. The smallest absolute Gasteiger partial charge is 0.264 e. The molecule has 1 heterocycles. The van der Waals surface area contributed by atoms with E-state index in [1.54, 1.807) is 31.2 Å². The zero-order valence-corrected chi connectivity index (χ0v) is 10.4. The fourth-order valence-corrected chi connectivity index (χ4v) is 1.97. The van der Waals surface area contributed by atoms with Crippen LogP contribution in [0.4, 0.5) is 0 Å². The normalized spacial score (nSPS) is 21.3. The van der Waals surface area contributed by atoms with E-state index in [1.165, 1.54) is 0 Å². The third-order valence-corrected chi connectivity index (χ3v) is 2.98. The van der Waals surface area contributed by atoms with Gasteiger partial charge in [-0.3, -0.25) is 9.59 Å². The highest BCUT2D eigenvalue weighted by molar-refractivity contribution is 6.32. The lowest BCUT2D eigenvalue weighted by Gasteiger charge is -2.22. The largest absolute Gasteiger partial charge is 0.322 e. The van der Waals surface area contributed by atoms with Gasteiger partial charge in [-0.25, -0.2) is 0 Å². The molecule has 0 saturated carbocycles. The van der Waals surface area contributed by atoms with Crippen molar-refractivity contribution in [3.05, 3.63) is 34.9 Å². The van der Waals surface area contributed by atoms with Crippen LogP contribution in [0.1, 0.15) is 18.4 Å². The number of nitrogens with zero attached hydrogens (tertiary/aromatic N) is 1. The molecule has 2 unspecified atom stereocenters. The SMILES string of the molecule is CC(N)C1=NC(=O)C(c2ccccc2Cl)C(=O)N1. The highest BCUT2D eigenvalue weighted by Crippen LogP contribution is 2.27. The van der Waals surface area contributed by atoms with E-state index in [0.717, 1.165) is 0 Å². The summed E-state index contributed by atoms with van der Waals surface area (Å²) in [5, 5.41) is 2.89. The van der Waals surface area contributed by atoms with Crippen molar-refractivity contribution < 1.29 is 9.59 Å². The Hall–Kier alpha value is -1.72. The van der Waals surface area contributed by atoms with Crippen LogP contribution in [0.15, 0.2) is 29.3 Å². The van der Waals surface area contributed by atoms with Crippen molar-refractivity contribution in [2.75, 3.05) is 0 Å². The van der Waals surface area contributed by atoms with E-state index in [2.05, 4.69) is 10.3 Å². The maximum atomic E-state index is 11.9. The van der Waals surface area contributed by atoms with Crippen molar-refractivity contribution in [2.24, 2.45) is 10.7 Å². The monoisotopic (exact) mass is 265 g/mol. The van der Waals surface area contributed by atoms with Gasteiger partial charge in [0.1, 0.15) is 11.8 Å². The van der Waals surface area contributed by atoms with Gasteiger partial charge >= 0.3 is 0 Å². The molecule has 0 bridgehead atoms. The lowest BCUT2D eigenvalue weighted by atomic mass is 9.96. The predicted octanol–water partition coefficient (Wildman–Crippen LogP) is 0.826. The van der Waals surface area contributed by atoms with Crippen molar-refractivity contribution in [1.29, 1.82) is 0 Å². The summed E-state index contributed by atoms with van der Waals surface area (Å²) in [6.07, 6.45) is 0. The molecule has 1 aromatic rings. The summed E-state index contributed by atoms with van der Waals surface area (Å²) < 4.78 is 0. The Bertz CT molecular complexity index is 540. The van der Waals surface area contributed by atoms with Crippen LogP contribution in [0.25, 0.3) is 0 Å². The van der Waals surface area contributed by atoms with Crippen LogP contribution in [-0.2, 0) is 9.59 Å². The number of halogens is 1. The van der Waals surface area contributed by atoms with Gasteiger partial charge in [0.15, 0.2) is 0 Å². The number of nitrogens with two attached hydrogens (primary N) is 1. The fourth-order valence-electron chi connectivity index (χ4n) is 1.72. The topological polar surface area (TPSA) is 84.5 Å². The molecule has 3 N–H and O–H groups in total. The minimum atomic E-state index is -0.999. The molecule has 0 aromatic heterocycles. The van der Waals surface area contributed by atoms with Crippen molar-refractivity contribution in [2.45, 2.75) is 18.9 Å². The molecule has 0 spiro atoms. The minimum absolute atomic E-state index is 0.188. The molecule has 1 aromatic carbocycles. The second kappa shape index (κ2) is 4.88. The van der Waals surface area contributed by atoms with Gasteiger partial charge in [0.25, 0.3) is 5.91 Å². The summed E-state index contributed by atoms with van der Waals surface area (Å²) in [5.41, 5.74) is 6.03. The molecule has 0 aliphatic carbocycles. The Morgan fingerprint density at radius 1 is 1.39 bits per heavy atom. The van der Waals surface area contributed by atoms with E-state index >= 15 is 0 Å². The standard InChI is InChI=1S/C12H12ClN3O2/c1-6(14)10-15-11(17)9(12(18)16-10)7-4-2-3-5-8(7)13/h2-6,9H,14H2,1H3,(H,15,16,17,18). The third kappa shape index (κ3) is 2.27. The summed E-state index contributed by atoms with van der Waals surface area (Å²) in [6, 6.07) is 6.21. The summed E-state index contributed by atoms with van der Waals surface area (Å²) in [4.78, 5) is 27.6. The molecule has 0 radical (unpaired) electrons. The number of aliphatic imine (C=N–C) groups is 1. The molecule has 94 valence electrons. The molecule has 2 rings (SSSR count). The summed E-state index contributed by atoms with van der Waals surface area (Å²) in [5.74, 6) is -1.80. The quantitative estimate of drug-likeness (QED) is 0.777. The van der Waals surface area contributed by atoms with Crippen molar-refractivity contribution >= 4 is 29.3 Å². The average Bonchev–Trinajstić information content (AvgIpc) is 2.30. The molecule has 2 amide bonds. The lowest BCUT2D eigenvalue weighted by molar-refractivity contribution is -0.129. The first-order chi connectivity index (χ1) is 8.50. The van der Waals surface area contributed by atoms with Crippen LogP contribution in [0.3, 0.4) is 0 Å². The number of benzene rings is 1. The van der Waals surface area contributed by atoms with Crippen LogP contribution in [0, 0.1) is 0 Å². The molecule has 1 aliphatic rings. The van der Waals surface area contributed by atoms with E-state index in [0.29, 0.717) is 10.6 Å². The first kappa shape index (κ1) is 12.7. The van der Waals surface area contributed by atoms with Crippen LogP contribution >= 0.6 is 11.6 Å². The van der Waals surface area contributed by atoms with Crippen LogP contribution < -0.4 is 11.1 Å². The van der Waals surface area contributed by atoms with E-state index in [9.17, 15) is 9.59 Å². The van der Waals surface area contributed by atoms with Crippen LogP contribution in [0.5, 0.6) is 0 Å². The lowest BCUT2D eigenvalue weighted by Crippen LogP contribution is -2.49. The van der Waals surface area contributed by atoms with Crippen molar-refractivity contribution in [3.63, 3.8) is 0 Å². The van der Waals surface area contributed by atoms with Gasteiger partial charge in [-0.15, -0.1) is 0 Å². The zero-order valence-electron chi connectivity index (χ0n) is 9.68. The van der Waals surface area contributed by atoms with E-state index in [-0.39, 0.29) is 5.84 Å². The van der Waals surface area contributed by atoms with Crippen LogP contribution in [-0.4, -0.2) is 23.7 Å². The molecule has 5 nitrogen and oxygen atoms in total. The highest BCUT2D eigenvalue weighted by Gasteiger charge is 2.35. The van der Waals surface area contributed by atoms with Gasteiger partial charge in [-0.2, -0.15) is 4.99 Å². The van der Waals surface area contributed by atoms with E-state index < -0.39 is 23.8 Å². The number of hydrogen-bond donors (Lipinski definition) is 2. The number of rotatable bonds is 2. The minimum Gasteiger partial charge on any atom is -0.322 e. The van der Waals surface area contributed by atoms with E-state index in [1.807, 2.05) is 0 Å². The number of nitrogens with one attached hydrogen (secondary N) is 1. The van der Waals surface area contributed by atoms with Gasteiger partial charge in [-0.1, -0.05) is 29.8 Å². The molecule has 6 heteroatoms. The Balaban J connectivity index is 2.40. The Kier molecular flexibility index (Phi) is 3.45. The Morgan fingerprint density at radius 3 is 2.61 bits per heavy atom.